The molecule has 0 saturated carbocycles. The van der Waals surface area contributed by atoms with Crippen LogP contribution in [0.2, 0.25) is 0 Å². The van der Waals surface area contributed by atoms with Crippen molar-refractivity contribution in [3.63, 3.8) is 0 Å². The highest BCUT2D eigenvalue weighted by molar-refractivity contribution is 7.40. The second-order valence-electron chi connectivity index (χ2n) is 5.91. The fourth-order valence-electron chi connectivity index (χ4n) is 2.95. The molecule has 0 radical (unpaired) electrons. The molecular formula is C18H18N2OS2. The van der Waals surface area contributed by atoms with E-state index in [1.54, 1.807) is 22.7 Å². The van der Waals surface area contributed by atoms with E-state index in [1.165, 1.54) is 23.3 Å². The number of anilines is 1. The van der Waals surface area contributed by atoms with Crippen LogP contribution < -0.4 is 4.90 Å². The summed E-state index contributed by atoms with van der Waals surface area (Å²) in [5, 5.41) is 1.12. The number of Topliss-reactive ketones (excluding diaryl/α,β-unsaturated/α-hetero) is 1. The van der Waals surface area contributed by atoms with E-state index in [4.69, 9.17) is 4.98 Å². The number of carbonyl (C=O) groups excluding carboxylic acids is 1. The molecule has 23 heavy (non-hydrogen) atoms. The number of thiazole rings is 1. The smallest absolute Gasteiger partial charge is 0.187 e. The monoisotopic (exact) mass is 342 g/mol. The van der Waals surface area contributed by atoms with Gasteiger partial charge in [0.05, 0.1) is 10.4 Å². The largest absolute Gasteiger partial charge is 0.348 e. The molecule has 1 saturated heterocycles. The first-order chi connectivity index (χ1) is 11.3. The van der Waals surface area contributed by atoms with Gasteiger partial charge in [0.2, 0.25) is 0 Å². The maximum atomic E-state index is 12.4. The molecule has 4 rings (SSSR count). The Bertz CT molecular complexity index is 785. The Morgan fingerprint density at radius 1 is 1.09 bits per heavy atom. The summed E-state index contributed by atoms with van der Waals surface area (Å²) in [7, 11) is 0. The third-order valence-electron chi connectivity index (χ3n) is 4.19. The van der Waals surface area contributed by atoms with Crippen LogP contribution in [0.1, 0.15) is 34.5 Å². The third kappa shape index (κ3) is 3.16. The molecule has 2 aromatic heterocycles. The molecule has 5 heteroatoms. The molecule has 0 atom stereocenters. The number of piperidine rings is 1. The summed E-state index contributed by atoms with van der Waals surface area (Å²) in [5.41, 5.74) is 2.05. The SMILES string of the molecule is O=C(Cc1ccccc1)c1cc2nc(N3CCCCC3)sc2s1. The lowest BCUT2D eigenvalue weighted by molar-refractivity contribution is 0.0997. The number of nitrogens with zero attached hydrogens (tertiary/aromatic N) is 2. The Kier molecular flexibility index (Phi) is 4.14. The Morgan fingerprint density at radius 3 is 2.61 bits per heavy atom. The van der Waals surface area contributed by atoms with Gasteiger partial charge in [-0.15, -0.1) is 11.3 Å². The molecule has 0 aliphatic carbocycles. The van der Waals surface area contributed by atoms with Crippen molar-refractivity contribution in [1.82, 2.24) is 4.98 Å². The number of ketones is 1. The predicted octanol–water partition coefficient (Wildman–Crippen LogP) is 4.77. The van der Waals surface area contributed by atoms with E-state index in [9.17, 15) is 4.79 Å². The van der Waals surface area contributed by atoms with E-state index in [-0.39, 0.29) is 5.78 Å². The first-order valence-corrected chi connectivity index (χ1v) is 9.65. The Balaban J connectivity index is 1.53. The van der Waals surface area contributed by atoms with Gasteiger partial charge in [0.1, 0.15) is 4.01 Å². The maximum absolute atomic E-state index is 12.4. The molecule has 0 spiro atoms. The van der Waals surface area contributed by atoms with Crippen molar-refractivity contribution in [1.29, 1.82) is 0 Å². The first kappa shape index (κ1) is 14.8. The van der Waals surface area contributed by atoms with Crippen LogP contribution in [0.4, 0.5) is 5.13 Å². The summed E-state index contributed by atoms with van der Waals surface area (Å²) in [5.74, 6) is 0.186. The number of rotatable bonds is 4. The van der Waals surface area contributed by atoms with Crippen LogP contribution in [0.3, 0.4) is 0 Å². The van der Waals surface area contributed by atoms with Gasteiger partial charge in [0, 0.05) is 19.5 Å². The Morgan fingerprint density at radius 2 is 1.87 bits per heavy atom. The molecule has 0 amide bonds. The fourth-order valence-corrected chi connectivity index (χ4v) is 5.21. The molecule has 1 fully saturated rings. The van der Waals surface area contributed by atoms with E-state index in [0.717, 1.165) is 34.2 Å². The lowest BCUT2D eigenvalue weighted by Gasteiger charge is -2.25. The highest BCUT2D eigenvalue weighted by Crippen LogP contribution is 2.36. The molecule has 1 aliphatic rings. The number of aromatic nitrogens is 1. The molecule has 1 aliphatic heterocycles. The lowest BCUT2D eigenvalue weighted by Crippen LogP contribution is -2.29. The highest BCUT2D eigenvalue weighted by atomic mass is 32.2. The van der Waals surface area contributed by atoms with Gasteiger partial charge in [0.15, 0.2) is 10.9 Å². The van der Waals surface area contributed by atoms with Crippen LogP contribution in [0.15, 0.2) is 36.4 Å². The Labute approximate surface area is 143 Å². The van der Waals surface area contributed by atoms with Crippen LogP contribution in [-0.2, 0) is 6.42 Å². The van der Waals surface area contributed by atoms with Crippen molar-refractivity contribution < 1.29 is 4.79 Å². The fraction of sp³-hybridized carbons (Fsp3) is 0.333. The normalized spacial score (nSPS) is 15.2. The van der Waals surface area contributed by atoms with Crippen molar-refractivity contribution in [3.05, 3.63) is 46.8 Å². The average Bonchev–Trinajstić information content (AvgIpc) is 3.15. The number of fused-ring (bicyclic) bond motifs is 1. The zero-order valence-corrected chi connectivity index (χ0v) is 14.5. The van der Waals surface area contributed by atoms with Crippen LogP contribution in [0.5, 0.6) is 0 Å². The zero-order chi connectivity index (χ0) is 15.6. The summed E-state index contributed by atoms with van der Waals surface area (Å²) in [4.78, 5) is 20.4. The number of benzene rings is 1. The van der Waals surface area contributed by atoms with Crippen molar-refractivity contribution in [2.75, 3.05) is 18.0 Å². The quantitative estimate of drug-likeness (QED) is 0.640. The van der Waals surface area contributed by atoms with Gasteiger partial charge >= 0.3 is 0 Å². The average molecular weight is 342 g/mol. The van der Waals surface area contributed by atoms with Crippen molar-refractivity contribution in [2.45, 2.75) is 25.7 Å². The van der Waals surface area contributed by atoms with Crippen molar-refractivity contribution in [3.8, 4) is 0 Å². The molecule has 3 aromatic rings. The van der Waals surface area contributed by atoms with Gasteiger partial charge in [-0.3, -0.25) is 4.79 Å². The first-order valence-electron chi connectivity index (χ1n) is 8.02. The van der Waals surface area contributed by atoms with Crippen molar-refractivity contribution >= 4 is 43.1 Å². The van der Waals surface area contributed by atoms with E-state index in [0.29, 0.717) is 6.42 Å². The lowest BCUT2D eigenvalue weighted by atomic mass is 10.1. The molecule has 0 N–H and O–H groups in total. The van der Waals surface area contributed by atoms with Crippen LogP contribution >= 0.6 is 22.7 Å². The van der Waals surface area contributed by atoms with Gasteiger partial charge in [-0.2, -0.15) is 0 Å². The molecule has 118 valence electrons. The second kappa shape index (κ2) is 6.42. The zero-order valence-electron chi connectivity index (χ0n) is 12.8. The summed E-state index contributed by atoms with van der Waals surface area (Å²) >= 11 is 3.32. The minimum Gasteiger partial charge on any atom is -0.348 e. The summed E-state index contributed by atoms with van der Waals surface area (Å²) in [6, 6.07) is 11.9. The standard InChI is InChI=1S/C18H18N2OS2/c21-15(11-13-7-3-1-4-8-13)16-12-14-17(22-16)23-18(19-14)20-9-5-2-6-10-20/h1,3-4,7-8,12H,2,5-6,9-11H2. The third-order valence-corrected chi connectivity index (χ3v) is 6.58. The minimum atomic E-state index is 0.186. The predicted molar refractivity (Wildman–Crippen MR) is 98.0 cm³/mol. The van der Waals surface area contributed by atoms with Crippen LogP contribution in [0, 0.1) is 0 Å². The van der Waals surface area contributed by atoms with Crippen LogP contribution in [-0.4, -0.2) is 23.9 Å². The topological polar surface area (TPSA) is 33.2 Å². The number of thiophene rings is 1. The molecule has 3 heterocycles. The van der Waals surface area contributed by atoms with E-state index in [2.05, 4.69) is 4.90 Å². The number of hydrogen-bond acceptors (Lipinski definition) is 5. The number of carbonyl (C=O) groups is 1. The van der Waals surface area contributed by atoms with Gasteiger partial charge in [-0.25, -0.2) is 4.98 Å². The van der Waals surface area contributed by atoms with Gasteiger partial charge in [-0.1, -0.05) is 41.7 Å². The van der Waals surface area contributed by atoms with E-state index < -0.39 is 0 Å². The number of hydrogen-bond donors (Lipinski definition) is 0. The molecule has 0 unspecified atom stereocenters. The minimum absolute atomic E-state index is 0.186. The van der Waals surface area contributed by atoms with E-state index >= 15 is 0 Å². The summed E-state index contributed by atoms with van der Waals surface area (Å²) in [6.45, 7) is 2.22. The molecule has 0 bridgehead atoms. The second-order valence-corrected chi connectivity index (χ2v) is 8.20. The Hall–Kier alpha value is -1.72. The highest BCUT2D eigenvalue weighted by Gasteiger charge is 2.18. The van der Waals surface area contributed by atoms with Gasteiger partial charge < -0.3 is 4.90 Å². The maximum Gasteiger partial charge on any atom is 0.187 e. The van der Waals surface area contributed by atoms with E-state index in [1.807, 2.05) is 36.4 Å². The summed E-state index contributed by atoms with van der Waals surface area (Å²) < 4.78 is 1.17. The molecule has 1 aromatic carbocycles. The van der Waals surface area contributed by atoms with Crippen LogP contribution in [0.25, 0.3) is 9.53 Å². The molecular weight excluding hydrogens is 324 g/mol. The van der Waals surface area contributed by atoms with Crippen molar-refractivity contribution in [2.24, 2.45) is 0 Å². The molecule has 3 nitrogen and oxygen atoms in total. The summed E-state index contributed by atoms with van der Waals surface area (Å²) in [6.07, 6.45) is 4.31. The van der Waals surface area contributed by atoms with Gasteiger partial charge in [0.25, 0.3) is 0 Å². The van der Waals surface area contributed by atoms with Gasteiger partial charge in [-0.05, 0) is 30.9 Å².